The van der Waals surface area contributed by atoms with Crippen molar-refractivity contribution in [2.45, 2.75) is 31.0 Å². The number of thioether (sulfide) groups is 2. The van der Waals surface area contributed by atoms with Gasteiger partial charge in [0.05, 0.1) is 4.47 Å². The number of aliphatic carboxylic acids is 1. The molecule has 1 heterocycles. The Balaban J connectivity index is 2.84. The van der Waals surface area contributed by atoms with Crippen LogP contribution in [0.1, 0.15) is 30.3 Å². The maximum Gasteiger partial charge on any atom is 0.326 e. The van der Waals surface area contributed by atoms with Gasteiger partial charge in [-0.05, 0) is 40.8 Å². The van der Waals surface area contributed by atoms with Gasteiger partial charge in [-0.3, -0.25) is 4.79 Å². The summed E-state index contributed by atoms with van der Waals surface area (Å²) in [4.78, 5) is 31.8. The molecule has 0 spiro atoms. The Bertz CT molecular complexity index is 531. The molecule has 0 saturated heterocycles. The van der Waals surface area contributed by atoms with Crippen molar-refractivity contribution in [3.63, 3.8) is 0 Å². The van der Waals surface area contributed by atoms with Crippen LogP contribution in [0.25, 0.3) is 0 Å². The molecule has 1 rings (SSSR count). The van der Waals surface area contributed by atoms with Crippen LogP contribution in [0.15, 0.2) is 15.8 Å². The molecule has 9 heteroatoms. The normalized spacial score (nSPS) is 12.0. The van der Waals surface area contributed by atoms with E-state index in [9.17, 15) is 9.59 Å². The van der Waals surface area contributed by atoms with E-state index in [0.717, 1.165) is 12.2 Å². The van der Waals surface area contributed by atoms with Gasteiger partial charge in [0.25, 0.3) is 5.91 Å². The van der Waals surface area contributed by atoms with Crippen LogP contribution in [-0.4, -0.2) is 50.8 Å². The van der Waals surface area contributed by atoms with E-state index in [4.69, 9.17) is 5.11 Å². The largest absolute Gasteiger partial charge is 0.480 e. The second-order valence-electron chi connectivity index (χ2n) is 4.34. The first-order valence-electron chi connectivity index (χ1n) is 6.67. The van der Waals surface area contributed by atoms with Gasteiger partial charge in [0, 0.05) is 11.9 Å². The minimum absolute atomic E-state index is 0.156. The topological polar surface area (TPSA) is 92.2 Å². The van der Waals surface area contributed by atoms with Crippen LogP contribution in [0, 0.1) is 0 Å². The highest BCUT2D eigenvalue weighted by atomic mass is 79.9. The lowest BCUT2D eigenvalue weighted by Crippen LogP contribution is -2.41. The van der Waals surface area contributed by atoms with E-state index in [2.05, 4.69) is 31.2 Å². The molecule has 0 radical (unpaired) electrons. The predicted molar refractivity (Wildman–Crippen MR) is 92.6 cm³/mol. The summed E-state index contributed by atoms with van der Waals surface area (Å²) in [6.07, 6.45) is 4.74. The number of nitrogens with one attached hydrogen (secondary N) is 1. The monoisotopic (exact) mass is 407 g/mol. The molecule has 22 heavy (non-hydrogen) atoms. The quantitative estimate of drug-likeness (QED) is 0.479. The average Bonchev–Trinajstić information content (AvgIpc) is 2.50. The zero-order chi connectivity index (χ0) is 16.5. The van der Waals surface area contributed by atoms with Crippen LogP contribution < -0.4 is 5.32 Å². The van der Waals surface area contributed by atoms with Gasteiger partial charge in [-0.15, -0.1) is 0 Å². The molecule has 6 nitrogen and oxygen atoms in total. The molecular weight excluding hydrogens is 390 g/mol. The van der Waals surface area contributed by atoms with Gasteiger partial charge in [-0.2, -0.15) is 11.8 Å². The Hall–Kier alpha value is -0.800. The third-order valence-electron chi connectivity index (χ3n) is 2.59. The number of carboxylic acid groups (broad SMARTS) is 1. The van der Waals surface area contributed by atoms with E-state index < -0.39 is 17.9 Å². The predicted octanol–water partition coefficient (Wildman–Crippen LogP) is 2.68. The van der Waals surface area contributed by atoms with Crippen LogP contribution in [0.4, 0.5) is 0 Å². The number of carbonyl (C=O) groups is 2. The fourth-order valence-electron chi connectivity index (χ4n) is 1.49. The summed E-state index contributed by atoms with van der Waals surface area (Å²) in [5.74, 6) is -0.0530. The summed E-state index contributed by atoms with van der Waals surface area (Å²) >= 11 is 6.22. The van der Waals surface area contributed by atoms with Crippen LogP contribution in [0.2, 0.25) is 0 Å². The van der Waals surface area contributed by atoms with Gasteiger partial charge in [0.1, 0.15) is 11.7 Å². The lowest BCUT2D eigenvalue weighted by molar-refractivity contribution is -0.139. The van der Waals surface area contributed by atoms with Crippen molar-refractivity contribution >= 4 is 51.3 Å². The lowest BCUT2D eigenvalue weighted by atomic mass is 10.2. The molecule has 1 aromatic heterocycles. The molecule has 122 valence electrons. The number of carbonyl (C=O) groups excluding carboxylic acids is 1. The maximum absolute atomic E-state index is 12.3. The summed E-state index contributed by atoms with van der Waals surface area (Å²) in [7, 11) is 0. The zero-order valence-electron chi connectivity index (χ0n) is 12.3. The Morgan fingerprint density at radius 3 is 2.77 bits per heavy atom. The molecule has 0 fully saturated rings. The highest BCUT2D eigenvalue weighted by Crippen LogP contribution is 2.19. The molecule has 0 bridgehead atoms. The molecule has 1 atom stereocenters. The minimum atomic E-state index is -1.05. The first-order valence-corrected chi connectivity index (χ1v) is 9.84. The molecule has 2 N–H and O–H groups in total. The van der Waals surface area contributed by atoms with Crippen molar-refractivity contribution < 1.29 is 14.7 Å². The van der Waals surface area contributed by atoms with E-state index >= 15 is 0 Å². The highest BCUT2D eigenvalue weighted by molar-refractivity contribution is 9.10. The first kappa shape index (κ1) is 19.2. The summed E-state index contributed by atoms with van der Waals surface area (Å²) in [5, 5.41) is 12.2. The number of halogens is 1. The van der Waals surface area contributed by atoms with Crippen molar-refractivity contribution in [2.75, 3.05) is 17.8 Å². The summed E-state index contributed by atoms with van der Waals surface area (Å²) in [6, 6.07) is -0.923. The van der Waals surface area contributed by atoms with E-state index in [1.54, 1.807) is 0 Å². The zero-order valence-corrected chi connectivity index (χ0v) is 15.6. The molecule has 1 amide bonds. The van der Waals surface area contributed by atoms with Crippen LogP contribution in [-0.2, 0) is 4.79 Å². The smallest absolute Gasteiger partial charge is 0.326 e. The number of hydrogen-bond donors (Lipinski definition) is 2. The Morgan fingerprint density at radius 2 is 2.18 bits per heavy atom. The van der Waals surface area contributed by atoms with Gasteiger partial charge in [-0.1, -0.05) is 18.7 Å². The molecule has 0 aliphatic heterocycles. The Labute approximate surface area is 146 Å². The highest BCUT2D eigenvalue weighted by Gasteiger charge is 2.22. The molecule has 0 saturated carbocycles. The van der Waals surface area contributed by atoms with Crippen LogP contribution in [0.3, 0.4) is 0 Å². The molecule has 1 aromatic rings. The number of carboxylic acids is 1. The third-order valence-corrected chi connectivity index (χ3v) is 4.88. The van der Waals surface area contributed by atoms with E-state index in [-0.39, 0.29) is 5.69 Å². The van der Waals surface area contributed by atoms with Crippen LogP contribution in [0.5, 0.6) is 0 Å². The number of rotatable bonds is 9. The van der Waals surface area contributed by atoms with Crippen molar-refractivity contribution in [1.29, 1.82) is 0 Å². The third kappa shape index (κ3) is 6.13. The summed E-state index contributed by atoms with van der Waals surface area (Å²) < 4.78 is 0.444. The Morgan fingerprint density at radius 1 is 1.45 bits per heavy atom. The van der Waals surface area contributed by atoms with Gasteiger partial charge in [-0.25, -0.2) is 14.8 Å². The van der Waals surface area contributed by atoms with Crippen molar-refractivity contribution in [3.05, 3.63) is 16.4 Å². The SMILES string of the molecule is CCCSc1ncc(Br)c(C(=O)N[C@H](CCSC)C(=O)O)n1. The van der Waals surface area contributed by atoms with Gasteiger partial charge in [0.15, 0.2) is 5.16 Å². The van der Waals surface area contributed by atoms with Crippen molar-refractivity contribution in [1.82, 2.24) is 15.3 Å². The molecular formula is C13H18BrN3O3S2. The standard InChI is InChI=1S/C13H18BrN3O3S2/c1-3-5-22-13-15-7-8(14)10(17-13)11(18)16-9(12(19)20)4-6-21-2/h7,9H,3-6H2,1-2H3,(H,16,18)(H,19,20)/t9-/m1/s1. The Kier molecular flexibility index (Phi) is 8.81. The summed E-state index contributed by atoms with van der Waals surface area (Å²) in [6.45, 7) is 2.04. The minimum Gasteiger partial charge on any atom is -0.480 e. The fourth-order valence-corrected chi connectivity index (χ4v) is 3.01. The van der Waals surface area contributed by atoms with Crippen LogP contribution >= 0.6 is 39.5 Å². The fraction of sp³-hybridized carbons (Fsp3) is 0.538. The maximum atomic E-state index is 12.3. The van der Waals surface area contributed by atoms with E-state index in [1.165, 1.54) is 29.7 Å². The number of hydrogen-bond acceptors (Lipinski definition) is 6. The first-order chi connectivity index (χ1) is 10.5. The molecule has 0 aliphatic carbocycles. The number of amides is 1. The van der Waals surface area contributed by atoms with Crippen molar-refractivity contribution in [2.24, 2.45) is 0 Å². The van der Waals surface area contributed by atoms with Crippen molar-refractivity contribution in [3.8, 4) is 0 Å². The second kappa shape index (κ2) is 10.1. The lowest BCUT2D eigenvalue weighted by Gasteiger charge is -2.14. The van der Waals surface area contributed by atoms with Gasteiger partial charge >= 0.3 is 5.97 Å². The van der Waals surface area contributed by atoms with E-state index in [0.29, 0.717) is 21.8 Å². The van der Waals surface area contributed by atoms with E-state index in [1.807, 2.05) is 13.2 Å². The number of nitrogens with zero attached hydrogens (tertiary/aromatic N) is 2. The number of aromatic nitrogens is 2. The molecule has 0 unspecified atom stereocenters. The molecule has 0 aliphatic rings. The second-order valence-corrected chi connectivity index (χ2v) is 7.25. The van der Waals surface area contributed by atoms with Gasteiger partial charge < -0.3 is 10.4 Å². The van der Waals surface area contributed by atoms with Gasteiger partial charge in [0.2, 0.25) is 0 Å². The summed E-state index contributed by atoms with van der Waals surface area (Å²) in [5.41, 5.74) is 0.156. The average molecular weight is 408 g/mol. The molecule has 0 aromatic carbocycles.